The number of hydrogen-bond acceptors (Lipinski definition) is 2. The average molecular weight is 228 g/mol. The summed E-state index contributed by atoms with van der Waals surface area (Å²) in [6.07, 6.45) is 6.76. The van der Waals surface area contributed by atoms with Crippen molar-refractivity contribution < 1.29 is 0 Å². The van der Waals surface area contributed by atoms with Gasteiger partial charge in [0.05, 0.1) is 6.33 Å². The molecule has 0 aliphatic carbocycles. The van der Waals surface area contributed by atoms with Crippen LogP contribution in [0.25, 0.3) is 10.1 Å². The molecule has 0 radical (unpaired) electrons. The van der Waals surface area contributed by atoms with Gasteiger partial charge < -0.3 is 4.57 Å². The summed E-state index contributed by atoms with van der Waals surface area (Å²) in [6.45, 7) is 0.995. The van der Waals surface area contributed by atoms with Crippen molar-refractivity contribution in [3.8, 4) is 0 Å². The molecule has 0 saturated heterocycles. The quantitative estimate of drug-likeness (QED) is 0.672. The maximum atomic E-state index is 4.05. The van der Waals surface area contributed by atoms with Crippen LogP contribution in [0.1, 0.15) is 5.56 Å². The van der Waals surface area contributed by atoms with Crippen molar-refractivity contribution in [1.82, 2.24) is 9.55 Å². The van der Waals surface area contributed by atoms with Gasteiger partial charge in [0.25, 0.3) is 0 Å². The minimum atomic E-state index is 0.995. The highest BCUT2D eigenvalue weighted by Crippen LogP contribution is 2.24. The molecule has 0 aliphatic heterocycles. The van der Waals surface area contributed by atoms with Crippen LogP contribution < -0.4 is 0 Å². The Labute approximate surface area is 98.2 Å². The Hall–Kier alpha value is -1.61. The van der Waals surface area contributed by atoms with E-state index in [1.165, 1.54) is 15.6 Å². The number of benzene rings is 1. The Morgan fingerprint density at radius 2 is 2.25 bits per heavy atom. The first-order valence-corrected chi connectivity index (χ1v) is 6.22. The molecule has 0 saturated carbocycles. The smallest absolute Gasteiger partial charge is 0.0946 e. The lowest BCUT2D eigenvalue weighted by Gasteiger charge is -2.04. The highest BCUT2D eigenvalue weighted by molar-refractivity contribution is 7.17. The summed E-state index contributed by atoms with van der Waals surface area (Å²) in [5.41, 5.74) is 1.42. The van der Waals surface area contributed by atoms with Gasteiger partial charge in [0, 0.05) is 23.6 Å². The molecule has 3 aromatic rings. The molecule has 0 fully saturated rings. The van der Waals surface area contributed by atoms with Crippen molar-refractivity contribution in [3.05, 3.63) is 53.9 Å². The topological polar surface area (TPSA) is 17.8 Å². The third-order valence-electron chi connectivity index (χ3n) is 2.78. The van der Waals surface area contributed by atoms with E-state index < -0.39 is 0 Å². The summed E-state index contributed by atoms with van der Waals surface area (Å²) >= 11 is 1.81. The maximum Gasteiger partial charge on any atom is 0.0946 e. The Kier molecular flexibility index (Phi) is 2.46. The molecule has 3 rings (SSSR count). The molecular weight excluding hydrogens is 216 g/mol. The predicted octanol–water partition coefficient (Wildman–Crippen LogP) is 3.34. The summed E-state index contributed by atoms with van der Waals surface area (Å²) in [7, 11) is 0. The molecule has 0 amide bonds. The van der Waals surface area contributed by atoms with Crippen molar-refractivity contribution in [2.45, 2.75) is 13.0 Å². The van der Waals surface area contributed by atoms with Crippen molar-refractivity contribution in [3.63, 3.8) is 0 Å². The van der Waals surface area contributed by atoms with Crippen molar-refractivity contribution in [1.29, 1.82) is 0 Å². The van der Waals surface area contributed by atoms with Crippen LogP contribution in [0.4, 0.5) is 0 Å². The number of hydrogen-bond donors (Lipinski definition) is 0. The van der Waals surface area contributed by atoms with Crippen LogP contribution in [-0.4, -0.2) is 9.55 Å². The van der Waals surface area contributed by atoms with Crippen molar-refractivity contribution >= 4 is 21.4 Å². The number of aryl methyl sites for hydroxylation is 2. The van der Waals surface area contributed by atoms with E-state index in [0.29, 0.717) is 0 Å². The molecule has 0 unspecified atom stereocenters. The van der Waals surface area contributed by atoms with E-state index in [-0.39, 0.29) is 0 Å². The standard InChI is InChI=1S/C13H12N2S/c1-2-11(4-7-15-8-6-14-10-15)12-5-9-16-13(12)3-1/h1-3,5-6,8-10H,4,7H2. The summed E-state index contributed by atoms with van der Waals surface area (Å²) in [5, 5.41) is 3.55. The van der Waals surface area contributed by atoms with E-state index in [1.807, 2.05) is 18.7 Å². The van der Waals surface area contributed by atoms with Crippen molar-refractivity contribution in [2.75, 3.05) is 0 Å². The first-order chi connectivity index (χ1) is 7.93. The van der Waals surface area contributed by atoms with Crippen LogP contribution in [0.5, 0.6) is 0 Å². The van der Waals surface area contributed by atoms with Gasteiger partial charge in [-0.05, 0) is 34.9 Å². The fourth-order valence-electron chi connectivity index (χ4n) is 1.94. The summed E-state index contributed by atoms with van der Waals surface area (Å²) in [4.78, 5) is 4.05. The monoisotopic (exact) mass is 228 g/mol. The Balaban J connectivity index is 1.86. The van der Waals surface area contributed by atoms with Gasteiger partial charge in [-0.1, -0.05) is 12.1 Å². The van der Waals surface area contributed by atoms with Crippen LogP contribution in [-0.2, 0) is 13.0 Å². The van der Waals surface area contributed by atoms with Crippen LogP contribution in [0.15, 0.2) is 48.4 Å². The van der Waals surface area contributed by atoms with E-state index in [2.05, 4.69) is 39.2 Å². The first-order valence-electron chi connectivity index (χ1n) is 5.34. The van der Waals surface area contributed by atoms with E-state index in [0.717, 1.165) is 13.0 Å². The first kappa shape index (κ1) is 9.60. The third-order valence-corrected chi connectivity index (χ3v) is 3.67. The number of fused-ring (bicyclic) bond motifs is 1. The second-order valence-electron chi connectivity index (χ2n) is 3.80. The SMILES string of the molecule is c1cc(CCn2ccnc2)c2ccsc2c1. The minimum Gasteiger partial charge on any atom is -0.337 e. The molecule has 2 heterocycles. The fourth-order valence-corrected chi connectivity index (χ4v) is 2.78. The Bertz CT molecular complexity index is 581. The van der Waals surface area contributed by atoms with Crippen LogP contribution >= 0.6 is 11.3 Å². The molecule has 16 heavy (non-hydrogen) atoms. The summed E-state index contributed by atoms with van der Waals surface area (Å²) in [6, 6.07) is 8.75. The van der Waals surface area contributed by atoms with Crippen molar-refractivity contribution in [2.24, 2.45) is 0 Å². The zero-order valence-corrected chi connectivity index (χ0v) is 9.65. The number of nitrogens with zero attached hydrogens (tertiary/aromatic N) is 2. The molecule has 1 aromatic carbocycles. The molecule has 80 valence electrons. The summed E-state index contributed by atoms with van der Waals surface area (Å²) < 4.78 is 3.49. The molecule has 2 aromatic heterocycles. The average Bonchev–Trinajstić information content (AvgIpc) is 2.97. The Morgan fingerprint density at radius 3 is 3.12 bits per heavy atom. The molecule has 0 N–H and O–H groups in total. The lowest BCUT2D eigenvalue weighted by Crippen LogP contribution is -1.98. The highest BCUT2D eigenvalue weighted by atomic mass is 32.1. The van der Waals surface area contributed by atoms with Gasteiger partial charge in [-0.3, -0.25) is 0 Å². The van der Waals surface area contributed by atoms with Gasteiger partial charge in [-0.2, -0.15) is 0 Å². The number of rotatable bonds is 3. The predicted molar refractivity (Wildman–Crippen MR) is 67.8 cm³/mol. The molecular formula is C13H12N2S. The largest absolute Gasteiger partial charge is 0.337 e. The van der Waals surface area contributed by atoms with E-state index in [1.54, 1.807) is 11.3 Å². The van der Waals surface area contributed by atoms with Gasteiger partial charge in [0.2, 0.25) is 0 Å². The van der Waals surface area contributed by atoms with Gasteiger partial charge in [0.1, 0.15) is 0 Å². The number of imidazole rings is 1. The minimum absolute atomic E-state index is 0.995. The number of aromatic nitrogens is 2. The summed E-state index contributed by atoms with van der Waals surface area (Å²) in [5.74, 6) is 0. The second-order valence-corrected chi connectivity index (χ2v) is 4.75. The van der Waals surface area contributed by atoms with Gasteiger partial charge in [-0.25, -0.2) is 4.98 Å². The molecule has 0 atom stereocenters. The van der Waals surface area contributed by atoms with Crippen LogP contribution in [0, 0.1) is 0 Å². The van der Waals surface area contributed by atoms with Gasteiger partial charge in [-0.15, -0.1) is 11.3 Å². The van der Waals surface area contributed by atoms with E-state index in [9.17, 15) is 0 Å². The molecule has 0 aliphatic rings. The highest BCUT2D eigenvalue weighted by Gasteiger charge is 2.01. The maximum absolute atomic E-state index is 4.05. The molecule has 0 bridgehead atoms. The second kappa shape index (κ2) is 4.10. The van der Waals surface area contributed by atoms with Gasteiger partial charge >= 0.3 is 0 Å². The lowest BCUT2D eigenvalue weighted by atomic mass is 10.1. The lowest BCUT2D eigenvalue weighted by molar-refractivity contribution is 0.698. The third kappa shape index (κ3) is 1.74. The number of thiophene rings is 1. The fraction of sp³-hybridized carbons (Fsp3) is 0.154. The van der Waals surface area contributed by atoms with Gasteiger partial charge in [0.15, 0.2) is 0 Å². The van der Waals surface area contributed by atoms with E-state index >= 15 is 0 Å². The zero-order valence-electron chi connectivity index (χ0n) is 8.84. The Morgan fingerprint density at radius 1 is 1.25 bits per heavy atom. The van der Waals surface area contributed by atoms with Crippen LogP contribution in [0.3, 0.4) is 0 Å². The zero-order chi connectivity index (χ0) is 10.8. The van der Waals surface area contributed by atoms with E-state index in [4.69, 9.17) is 0 Å². The molecule has 0 spiro atoms. The normalized spacial score (nSPS) is 11.0. The van der Waals surface area contributed by atoms with Crippen LogP contribution in [0.2, 0.25) is 0 Å². The molecule has 2 nitrogen and oxygen atoms in total. The molecule has 3 heteroatoms.